The molecule has 1 aromatic rings. The van der Waals surface area contributed by atoms with Gasteiger partial charge in [-0.05, 0) is 31.6 Å². The minimum Gasteiger partial charge on any atom is -0.497 e. The van der Waals surface area contributed by atoms with E-state index in [0.29, 0.717) is 23.6 Å². The number of hydrogen-bond donors (Lipinski definition) is 2. The summed E-state index contributed by atoms with van der Waals surface area (Å²) in [4.78, 5) is 12.0. The van der Waals surface area contributed by atoms with Crippen molar-refractivity contribution in [3.8, 4) is 11.5 Å². The normalized spacial score (nSPS) is 10.1. The van der Waals surface area contributed by atoms with Crippen molar-refractivity contribution >= 4 is 5.91 Å². The van der Waals surface area contributed by atoms with Crippen LogP contribution in [-0.4, -0.2) is 39.8 Å². The summed E-state index contributed by atoms with van der Waals surface area (Å²) in [7, 11) is 3.12. The Morgan fingerprint density at radius 3 is 2.26 bits per heavy atom. The number of hydrogen-bond acceptors (Lipinski definition) is 4. The van der Waals surface area contributed by atoms with Crippen LogP contribution in [0.3, 0.4) is 0 Å². The number of rotatable bonds is 8. The van der Waals surface area contributed by atoms with Gasteiger partial charge in [-0.25, -0.2) is 0 Å². The second-order valence-corrected chi connectivity index (χ2v) is 4.06. The first-order chi connectivity index (χ1) is 9.21. The van der Waals surface area contributed by atoms with Crippen LogP contribution in [0.2, 0.25) is 0 Å². The predicted octanol–water partition coefficient (Wildman–Crippen LogP) is 1.43. The molecule has 0 aliphatic heterocycles. The average Bonchev–Trinajstić information content (AvgIpc) is 2.46. The van der Waals surface area contributed by atoms with Gasteiger partial charge in [-0.1, -0.05) is 6.92 Å². The summed E-state index contributed by atoms with van der Waals surface area (Å²) in [6.07, 6.45) is 0.903. The van der Waals surface area contributed by atoms with Crippen LogP contribution in [-0.2, 0) is 0 Å². The van der Waals surface area contributed by atoms with Crippen molar-refractivity contribution < 1.29 is 14.3 Å². The molecule has 0 bridgehead atoms. The van der Waals surface area contributed by atoms with Gasteiger partial charge in [0.15, 0.2) is 0 Å². The van der Waals surface area contributed by atoms with E-state index in [1.54, 1.807) is 32.4 Å². The molecule has 1 rings (SSSR count). The zero-order valence-corrected chi connectivity index (χ0v) is 11.8. The lowest BCUT2D eigenvalue weighted by molar-refractivity contribution is 0.0952. The van der Waals surface area contributed by atoms with Crippen LogP contribution in [0.4, 0.5) is 0 Å². The molecule has 1 amide bonds. The number of amides is 1. The summed E-state index contributed by atoms with van der Waals surface area (Å²) in [5, 5.41) is 6.08. The second-order valence-electron chi connectivity index (χ2n) is 4.06. The van der Waals surface area contributed by atoms with Gasteiger partial charge < -0.3 is 20.1 Å². The molecule has 0 aliphatic carbocycles. The molecule has 106 valence electrons. The highest BCUT2D eigenvalue weighted by Gasteiger charge is 2.09. The Hall–Kier alpha value is -1.75. The SMILES string of the molecule is CCNCCCNC(=O)c1cc(OC)cc(OC)c1. The Bertz CT molecular complexity index is 385. The first-order valence-corrected chi connectivity index (χ1v) is 6.43. The standard InChI is InChI=1S/C14H22N2O3/c1-4-15-6-5-7-16-14(17)11-8-12(18-2)10-13(9-11)19-3/h8-10,15H,4-7H2,1-3H3,(H,16,17). The van der Waals surface area contributed by atoms with Gasteiger partial charge in [0.2, 0.25) is 0 Å². The highest BCUT2D eigenvalue weighted by molar-refractivity contribution is 5.95. The zero-order chi connectivity index (χ0) is 14.1. The Kier molecular flexibility index (Phi) is 6.74. The van der Waals surface area contributed by atoms with Crippen LogP contribution in [0, 0.1) is 0 Å². The number of carbonyl (C=O) groups excluding carboxylic acids is 1. The predicted molar refractivity (Wildman–Crippen MR) is 75.0 cm³/mol. The van der Waals surface area contributed by atoms with Crippen LogP contribution in [0.1, 0.15) is 23.7 Å². The summed E-state index contributed by atoms with van der Waals surface area (Å²) in [6.45, 7) is 4.55. The fraction of sp³-hybridized carbons (Fsp3) is 0.500. The first kappa shape index (κ1) is 15.3. The van der Waals surface area contributed by atoms with Gasteiger partial charge in [0.1, 0.15) is 11.5 Å². The third-order valence-corrected chi connectivity index (χ3v) is 2.68. The monoisotopic (exact) mass is 266 g/mol. The summed E-state index contributed by atoms with van der Waals surface area (Å²) in [6, 6.07) is 5.13. The van der Waals surface area contributed by atoms with E-state index in [4.69, 9.17) is 9.47 Å². The third kappa shape index (κ3) is 5.18. The maximum atomic E-state index is 12.0. The first-order valence-electron chi connectivity index (χ1n) is 6.43. The van der Waals surface area contributed by atoms with E-state index < -0.39 is 0 Å². The Balaban J connectivity index is 2.55. The molecule has 0 unspecified atom stereocenters. The molecule has 0 aromatic heterocycles. The largest absolute Gasteiger partial charge is 0.497 e. The number of nitrogens with one attached hydrogen (secondary N) is 2. The van der Waals surface area contributed by atoms with Crippen LogP contribution in [0.5, 0.6) is 11.5 Å². The van der Waals surface area contributed by atoms with Gasteiger partial charge in [-0.2, -0.15) is 0 Å². The molecule has 0 atom stereocenters. The minimum absolute atomic E-state index is 0.117. The fourth-order valence-electron chi connectivity index (χ4n) is 1.63. The third-order valence-electron chi connectivity index (χ3n) is 2.68. The molecular weight excluding hydrogens is 244 g/mol. The molecule has 0 fully saturated rings. The molecule has 0 saturated carbocycles. The lowest BCUT2D eigenvalue weighted by Gasteiger charge is -2.09. The van der Waals surface area contributed by atoms with E-state index in [9.17, 15) is 4.79 Å². The maximum Gasteiger partial charge on any atom is 0.251 e. The van der Waals surface area contributed by atoms with Crippen molar-refractivity contribution in [3.63, 3.8) is 0 Å². The molecule has 0 radical (unpaired) electrons. The molecule has 0 heterocycles. The summed E-state index contributed by atoms with van der Waals surface area (Å²) in [5.41, 5.74) is 0.541. The van der Waals surface area contributed by atoms with Gasteiger partial charge in [-0.3, -0.25) is 4.79 Å². The van der Waals surface area contributed by atoms with Crippen molar-refractivity contribution in [2.24, 2.45) is 0 Å². The van der Waals surface area contributed by atoms with Gasteiger partial charge in [0.25, 0.3) is 5.91 Å². The van der Waals surface area contributed by atoms with E-state index in [2.05, 4.69) is 17.6 Å². The summed E-state index contributed by atoms with van der Waals surface area (Å²) < 4.78 is 10.3. The van der Waals surface area contributed by atoms with Crippen molar-refractivity contribution in [1.29, 1.82) is 0 Å². The number of benzene rings is 1. The van der Waals surface area contributed by atoms with E-state index in [1.165, 1.54) is 0 Å². The lowest BCUT2D eigenvalue weighted by atomic mass is 10.2. The van der Waals surface area contributed by atoms with Crippen LogP contribution in [0.25, 0.3) is 0 Å². The highest BCUT2D eigenvalue weighted by Crippen LogP contribution is 2.22. The van der Waals surface area contributed by atoms with Crippen LogP contribution in [0.15, 0.2) is 18.2 Å². The Morgan fingerprint density at radius 1 is 1.11 bits per heavy atom. The molecule has 5 heteroatoms. The molecule has 0 spiro atoms. The molecule has 0 saturated heterocycles. The minimum atomic E-state index is -0.117. The lowest BCUT2D eigenvalue weighted by Crippen LogP contribution is -2.27. The van der Waals surface area contributed by atoms with Gasteiger partial charge in [0, 0.05) is 18.2 Å². The summed E-state index contributed by atoms with van der Waals surface area (Å²) >= 11 is 0. The van der Waals surface area contributed by atoms with E-state index in [-0.39, 0.29) is 5.91 Å². The van der Waals surface area contributed by atoms with E-state index in [0.717, 1.165) is 19.5 Å². The molecule has 0 aliphatic rings. The number of ether oxygens (including phenoxy) is 2. The molecule has 19 heavy (non-hydrogen) atoms. The van der Waals surface area contributed by atoms with Crippen LogP contribution >= 0.6 is 0 Å². The van der Waals surface area contributed by atoms with Crippen molar-refractivity contribution in [3.05, 3.63) is 23.8 Å². The zero-order valence-electron chi connectivity index (χ0n) is 11.8. The smallest absolute Gasteiger partial charge is 0.251 e. The van der Waals surface area contributed by atoms with E-state index >= 15 is 0 Å². The van der Waals surface area contributed by atoms with Crippen molar-refractivity contribution in [2.45, 2.75) is 13.3 Å². The Labute approximate surface area is 114 Å². The van der Waals surface area contributed by atoms with Gasteiger partial charge in [-0.15, -0.1) is 0 Å². The maximum absolute atomic E-state index is 12.0. The van der Waals surface area contributed by atoms with Crippen molar-refractivity contribution in [1.82, 2.24) is 10.6 Å². The second kappa shape index (κ2) is 8.37. The fourth-order valence-corrected chi connectivity index (χ4v) is 1.63. The topological polar surface area (TPSA) is 59.6 Å². The van der Waals surface area contributed by atoms with Crippen molar-refractivity contribution in [2.75, 3.05) is 33.9 Å². The van der Waals surface area contributed by atoms with E-state index in [1.807, 2.05) is 0 Å². The molecule has 5 nitrogen and oxygen atoms in total. The molecular formula is C14H22N2O3. The number of methoxy groups -OCH3 is 2. The average molecular weight is 266 g/mol. The summed E-state index contributed by atoms with van der Waals surface area (Å²) in [5.74, 6) is 1.10. The number of carbonyl (C=O) groups is 1. The van der Waals surface area contributed by atoms with Gasteiger partial charge >= 0.3 is 0 Å². The van der Waals surface area contributed by atoms with Gasteiger partial charge in [0.05, 0.1) is 14.2 Å². The molecule has 1 aromatic carbocycles. The molecule has 2 N–H and O–H groups in total. The quantitative estimate of drug-likeness (QED) is 0.699. The highest BCUT2D eigenvalue weighted by atomic mass is 16.5. The Morgan fingerprint density at radius 2 is 1.74 bits per heavy atom. The van der Waals surface area contributed by atoms with Crippen LogP contribution < -0.4 is 20.1 Å².